The van der Waals surface area contributed by atoms with Gasteiger partial charge in [-0.25, -0.2) is 9.78 Å². The number of aldehydes is 1. The summed E-state index contributed by atoms with van der Waals surface area (Å²) in [5, 5.41) is 6.12. The minimum atomic E-state index is -0.618. The van der Waals surface area contributed by atoms with Crippen LogP contribution in [0, 0.1) is 5.92 Å². The van der Waals surface area contributed by atoms with E-state index in [0.717, 1.165) is 54.4 Å². The van der Waals surface area contributed by atoms with E-state index >= 15 is 0 Å². The maximum Gasteiger partial charge on any atom is 0.410 e. The molecule has 196 valence electrons. The van der Waals surface area contributed by atoms with Gasteiger partial charge in [0.05, 0.1) is 24.8 Å². The zero-order chi connectivity index (χ0) is 25.9. The predicted molar refractivity (Wildman–Crippen MR) is 143 cm³/mol. The maximum atomic E-state index is 13.7. The van der Waals surface area contributed by atoms with Gasteiger partial charge in [0, 0.05) is 18.3 Å². The van der Waals surface area contributed by atoms with Crippen molar-refractivity contribution in [2.75, 3.05) is 11.9 Å². The molecule has 0 aliphatic carbocycles. The lowest BCUT2D eigenvalue weighted by atomic mass is 9.97. The van der Waals surface area contributed by atoms with Gasteiger partial charge in [-0.15, -0.1) is 11.3 Å². The zero-order valence-corrected chi connectivity index (χ0v) is 22.2. The Morgan fingerprint density at radius 2 is 2.16 bits per heavy atom. The van der Waals surface area contributed by atoms with Crippen molar-refractivity contribution in [2.24, 2.45) is 5.92 Å². The predicted octanol–water partition coefficient (Wildman–Crippen LogP) is 4.64. The number of ether oxygens (including phenoxy) is 1. The number of hydrogen-bond acceptors (Lipinski definition) is 7. The zero-order valence-electron chi connectivity index (χ0n) is 21.4. The molecule has 1 N–H and O–H groups in total. The SMILES string of the molecule is CC[C@@H](C)[C@@H]1Nc2nc(cs2)CCC/C=C/c2cccc3c2CN(C3)C(=O)O[C@@H]2C[C@@H](C=O)N(C2)C1=O. The number of carbonyl (C=O) groups is 3. The van der Waals surface area contributed by atoms with Crippen molar-refractivity contribution in [3.63, 3.8) is 0 Å². The number of anilines is 1. The minimum absolute atomic E-state index is 0.0362. The van der Waals surface area contributed by atoms with Crippen LogP contribution in [0.4, 0.5) is 9.93 Å². The van der Waals surface area contributed by atoms with Gasteiger partial charge in [-0.1, -0.05) is 50.6 Å². The summed E-state index contributed by atoms with van der Waals surface area (Å²) in [4.78, 5) is 46.7. The summed E-state index contributed by atoms with van der Waals surface area (Å²) in [5.41, 5.74) is 4.40. The Morgan fingerprint density at radius 1 is 1.30 bits per heavy atom. The van der Waals surface area contributed by atoms with Crippen LogP contribution in [0.3, 0.4) is 0 Å². The van der Waals surface area contributed by atoms with E-state index in [0.29, 0.717) is 24.6 Å². The summed E-state index contributed by atoms with van der Waals surface area (Å²) in [5.74, 6) is -0.117. The number of aromatic nitrogens is 1. The third-order valence-electron chi connectivity index (χ3n) is 7.70. The van der Waals surface area contributed by atoms with Crippen LogP contribution in [-0.4, -0.2) is 57.8 Å². The van der Waals surface area contributed by atoms with Crippen molar-refractivity contribution in [3.8, 4) is 0 Å². The molecule has 1 aromatic carbocycles. The van der Waals surface area contributed by atoms with E-state index in [-0.39, 0.29) is 18.4 Å². The monoisotopic (exact) mass is 522 g/mol. The van der Waals surface area contributed by atoms with Crippen LogP contribution in [0.15, 0.2) is 29.7 Å². The van der Waals surface area contributed by atoms with Crippen LogP contribution in [0.1, 0.15) is 61.9 Å². The molecule has 4 atom stereocenters. The summed E-state index contributed by atoms with van der Waals surface area (Å²) >= 11 is 1.50. The Labute approximate surface area is 221 Å². The number of amides is 2. The molecule has 3 aliphatic heterocycles. The van der Waals surface area contributed by atoms with Gasteiger partial charge >= 0.3 is 6.09 Å². The van der Waals surface area contributed by atoms with Crippen LogP contribution in [0.2, 0.25) is 0 Å². The average Bonchev–Trinajstić information content (AvgIpc) is 3.64. The second kappa shape index (κ2) is 11.0. The first-order valence-electron chi connectivity index (χ1n) is 13.2. The molecule has 0 spiro atoms. The molecule has 1 fully saturated rings. The number of hydrogen-bond donors (Lipinski definition) is 1. The summed E-state index contributed by atoms with van der Waals surface area (Å²) < 4.78 is 5.84. The molecule has 2 amide bonds. The first-order valence-corrected chi connectivity index (χ1v) is 14.0. The fraction of sp³-hybridized carbons (Fsp3) is 0.500. The van der Waals surface area contributed by atoms with Crippen molar-refractivity contribution < 1.29 is 19.1 Å². The molecule has 1 saturated heterocycles. The highest BCUT2D eigenvalue weighted by atomic mass is 32.1. The Bertz CT molecular complexity index is 1190. The average molecular weight is 523 g/mol. The van der Waals surface area contributed by atoms with E-state index in [4.69, 9.17) is 9.72 Å². The van der Waals surface area contributed by atoms with Crippen molar-refractivity contribution in [1.82, 2.24) is 14.8 Å². The first kappa shape index (κ1) is 25.4. The highest BCUT2D eigenvalue weighted by molar-refractivity contribution is 7.13. The second-order valence-corrected chi connectivity index (χ2v) is 11.1. The van der Waals surface area contributed by atoms with Crippen LogP contribution < -0.4 is 5.32 Å². The van der Waals surface area contributed by atoms with Crippen LogP contribution in [0.5, 0.6) is 0 Å². The standard InChI is InChI=1S/C28H34N4O4S/c1-3-18(2)25-26(34)32-14-23(12-22(32)16-33)36-28(35)31-13-20-10-7-9-19(24(20)15-31)8-5-4-6-11-21-17-37-27(29-21)30-25/h5,7-10,16-18,22-23,25H,3-4,6,11-15H2,1-2H3,(H,29,30)/b8-5+/t18-,22+,23-,25+/m1/s1. The summed E-state index contributed by atoms with van der Waals surface area (Å²) in [6.45, 7) is 5.26. The topological polar surface area (TPSA) is 91.8 Å². The fourth-order valence-corrected chi connectivity index (χ4v) is 6.12. The van der Waals surface area contributed by atoms with E-state index in [1.807, 2.05) is 25.3 Å². The fourth-order valence-electron chi connectivity index (χ4n) is 5.34. The lowest BCUT2D eigenvalue weighted by Crippen LogP contribution is -2.48. The van der Waals surface area contributed by atoms with Gasteiger partial charge in [0.25, 0.3) is 0 Å². The number of carbonyl (C=O) groups excluding carboxylic acids is 3. The number of thiazole rings is 1. The smallest absolute Gasteiger partial charge is 0.410 e. The van der Waals surface area contributed by atoms with E-state index in [2.05, 4.69) is 29.6 Å². The summed E-state index contributed by atoms with van der Waals surface area (Å²) in [6.07, 6.45) is 8.05. The van der Waals surface area contributed by atoms with Crippen molar-refractivity contribution in [3.05, 3.63) is 52.0 Å². The van der Waals surface area contributed by atoms with E-state index in [9.17, 15) is 14.4 Å². The van der Waals surface area contributed by atoms with Gasteiger partial charge < -0.3 is 19.7 Å². The molecule has 0 radical (unpaired) electrons. The van der Waals surface area contributed by atoms with E-state index in [1.165, 1.54) is 11.3 Å². The number of fused-ring (bicyclic) bond motifs is 5. The Balaban J connectivity index is 1.43. The molecule has 5 rings (SSSR count). The largest absolute Gasteiger partial charge is 0.444 e. The number of nitrogens with zero attached hydrogens (tertiary/aromatic N) is 3. The van der Waals surface area contributed by atoms with Crippen molar-refractivity contribution in [2.45, 2.75) is 77.2 Å². The molecule has 3 aliphatic rings. The number of rotatable bonds is 3. The highest BCUT2D eigenvalue weighted by Gasteiger charge is 2.41. The highest BCUT2D eigenvalue weighted by Crippen LogP contribution is 2.30. The van der Waals surface area contributed by atoms with Crippen LogP contribution in [0.25, 0.3) is 6.08 Å². The van der Waals surface area contributed by atoms with Crippen LogP contribution >= 0.6 is 11.3 Å². The third kappa shape index (κ3) is 5.42. The normalized spacial score (nSPS) is 25.8. The number of nitrogens with one attached hydrogen (secondary N) is 1. The molecule has 1 aromatic heterocycles. The van der Waals surface area contributed by atoms with Gasteiger partial charge in [-0.05, 0) is 41.9 Å². The molecule has 8 nitrogen and oxygen atoms in total. The number of aryl methyl sites for hydroxylation is 1. The maximum absolute atomic E-state index is 13.7. The van der Waals surface area contributed by atoms with Gasteiger partial charge in [-0.2, -0.15) is 0 Å². The molecule has 0 unspecified atom stereocenters. The lowest BCUT2D eigenvalue weighted by molar-refractivity contribution is -0.136. The molecular formula is C28H34N4O4S. The van der Waals surface area contributed by atoms with Crippen LogP contribution in [-0.2, 0) is 33.8 Å². The summed E-state index contributed by atoms with van der Waals surface area (Å²) in [6, 6.07) is 5.02. The Morgan fingerprint density at radius 3 is 2.97 bits per heavy atom. The molecule has 4 heterocycles. The second-order valence-electron chi connectivity index (χ2n) is 10.2. The van der Waals surface area contributed by atoms with E-state index < -0.39 is 24.3 Å². The lowest BCUT2D eigenvalue weighted by Gasteiger charge is -2.29. The van der Waals surface area contributed by atoms with E-state index in [1.54, 1.807) is 9.80 Å². The van der Waals surface area contributed by atoms with Gasteiger partial charge in [-0.3, -0.25) is 9.69 Å². The van der Waals surface area contributed by atoms with Gasteiger partial charge in [0.15, 0.2) is 5.13 Å². The molecule has 9 heteroatoms. The molecule has 2 aromatic rings. The third-order valence-corrected chi connectivity index (χ3v) is 8.52. The number of benzene rings is 1. The minimum Gasteiger partial charge on any atom is -0.444 e. The Kier molecular flexibility index (Phi) is 7.60. The van der Waals surface area contributed by atoms with Gasteiger partial charge in [0.2, 0.25) is 5.91 Å². The van der Waals surface area contributed by atoms with Crippen molar-refractivity contribution in [1.29, 1.82) is 0 Å². The quantitative estimate of drug-likeness (QED) is 0.591. The molecule has 37 heavy (non-hydrogen) atoms. The molecular weight excluding hydrogens is 488 g/mol. The van der Waals surface area contributed by atoms with Crippen molar-refractivity contribution >= 4 is 40.8 Å². The number of allylic oxidation sites excluding steroid dienone is 1. The molecule has 0 saturated carbocycles. The van der Waals surface area contributed by atoms with Gasteiger partial charge in [0.1, 0.15) is 18.4 Å². The Hall–Kier alpha value is -3.20. The first-order chi connectivity index (χ1) is 18.0. The molecule has 6 bridgehead atoms. The summed E-state index contributed by atoms with van der Waals surface area (Å²) in [7, 11) is 0.